The first-order chi connectivity index (χ1) is 12.2. The van der Waals surface area contributed by atoms with Gasteiger partial charge in [0, 0.05) is 40.9 Å². The largest absolute Gasteiger partial charge is 0.356 e. The van der Waals surface area contributed by atoms with Gasteiger partial charge >= 0.3 is 0 Å². The molecule has 25 heavy (non-hydrogen) atoms. The van der Waals surface area contributed by atoms with Gasteiger partial charge in [0.15, 0.2) is 0 Å². The van der Waals surface area contributed by atoms with E-state index in [1.165, 1.54) is 0 Å². The first-order valence-electron chi connectivity index (χ1n) is 8.29. The number of hydrogen-bond acceptors (Lipinski definition) is 3. The molecule has 0 bridgehead atoms. The second kappa shape index (κ2) is 8.06. The highest BCUT2D eigenvalue weighted by Crippen LogP contribution is 2.21. The molecule has 0 fully saturated rings. The Balaban J connectivity index is 1.97. The van der Waals surface area contributed by atoms with Gasteiger partial charge in [-0.15, -0.1) is 0 Å². The number of aromatic nitrogens is 2. The standard InChI is InChI=1S/C22H21N3/c1-17-9-7-5-3-4-6-8-10-19(13-18(2)25-17)20-14-21-15-23-12-11-22(21)24-16-20/h3,5,7-16,25H,1-2,4,6H2/b5-3-,9-7-,10-8-,19-13+. The molecule has 2 aromatic rings. The van der Waals surface area contributed by atoms with E-state index in [1.807, 2.05) is 42.8 Å². The van der Waals surface area contributed by atoms with Crippen LogP contribution in [-0.2, 0) is 0 Å². The first-order valence-corrected chi connectivity index (χ1v) is 8.29. The number of allylic oxidation sites excluding steroid dienone is 8. The summed E-state index contributed by atoms with van der Waals surface area (Å²) in [6, 6.07) is 4.02. The summed E-state index contributed by atoms with van der Waals surface area (Å²) in [5.74, 6) is 0. The van der Waals surface area contributed by atoms with Gasteiger partial charge in [-0.25, -0.2) is 0 Å². The second-order valence-corrected chi connectivity index (χ2v) is 5.83. The molecule has 1 N–H and O–H groups in total. The molecule has 0 aromatic carbocycles. The lowest BCUT2D eigenvalue weighted by Crippen LogP contribution is -2.07. The summed E-state index contributed by atoms with van der Waals surface area (Å²) in [5, 5.41) is 4.22. The molecule has 3 nitrogen and oxygen atoms in total. The molecule has 2 aromatic heterocycles. The summed E-state index contributed by atoms with van der Waals surface area (Å²) < 4.78 is 0. The summed E-state index contributed by atoms with van der Waals surface area (Å²) in [4.78, 5) is 8.72. The lowest BCUT2D eigenvalue weighted by atomic mass is 10.0. The van der Waals surface area contributed by atoms with Crippen LogP contribution in [0.1, 0.15) is 18.4 Å². The van der Waals surface area contributed by atoms with Gasteiger partial charge in [0.2, 0.25) is 0 Å². The van der Waals surface area contributed by atoms with Crippen molar-refractivity contribution in [1.29, 1.82) is 0 Å². The van der Waals surface area contributed by atoms with E-state index in [0.29, 0.717) is 0 Å². The third kappa shape index (κ3) is 4.64. The Labute approximate surface area is 148 Å². The Morgan fingerprint density at radius 3 is 2.76 bits per heavy atom. The van der Waals surface area contributed by atoms with Crippen molar-refractivity contribution in [3.63, 3.8) is 0 Å². The third-order valence-electron chi connectivity index (χ3n) is 3.81. The molecule has 3 rings (SSSR count). The maximum atomic E-state index is 4.54. The molecule has 1 aliphatic heterocycles. The van der Waals surface area contributed by atoms with Crippen LogP contribution in [0.15, 0.2) is 97.8 Å². The number of pyridine rings is 2. The highest BCUT2D eigenvalue weighted by atomic mass is 14.9. The predicted octanol–water partition coefficient (Wildman–Crippen LogP) is 5.09. The molecule has 0 saturated carbocycles. The van der Waals surface area contributed by atoms with E-state index >= 15 is 0 Å². The SMILES string of the molecule is C=C1/C=C\C=C/CC/C=C\C(c2cnc3ccncc3c2)=C/C(=C)N1. The number of nitrogens with zero attached hydrogens (tertiary/aromatic N) is 2. The topological polar surface area (TPSA) is 37.8 Å². The number of fused-ring (bicyclic) bond motifs is 1. The zero-order valence-electron chi connectivity index (χ0n) is 14.2. The lowest BCUT2D eigenvalue weighted by molar-refractivity contribution is 1.05. The van der Waals surface area contributed by atoms with E-state index in [-0.39, 0.29) is 0 Å². The van der Waals surface area contributed by atoms with Crippen LogP contribution < -0.4 is 5.32 Å². The predicted molar refractivity (Wildman–Crippen MR) is 106 cm³/mol. The molecule has 3 heteroatoms. The monoisotopic (exact) mass is 327 g/mol. The fourth-order valence-electron chi connectivity index (χ4n) is 2.58. The molecule has 0 atom stereocenters. The van der Waals surface area contributed by atoms with E-state index in [0.717, 1.165) is 46.3 Å². The van der Waals surface area contributed by atoms with Gasteiger partial charge < -0.3 is 5.32 Å². The van der Waals surface area contributed by atoms with Crippen molar-refractivity contribution < 1.29 is 0 Å². The minimum Gasteiger partial charge on any atom is -0.356 e. The van der Waals surface area contributed by atoms with E-state index < -0.39 is 0 Å². The van der Waals surface area contributed by atoms with Crippen LogP contribution in [0.4, 0.5) is 0 Å². The van der Waals surface area contributed by atoms with Gasteiger partial charge in [-0.3, -0.25) is 9.97 Å². The van der Waals surface area contributed by atoms with E-state index in [4.69, 9.17) is 0 Å². The van der Waals surface area contributed by atoms with Crippen LogP contribution in [-0.4, -0.2) is 9.97 Å². The van der Waals surface area contributed by atoms with Crippen LogP contribution in [0.3, 0.4) is 0 Å². The van der Waals surface area contributed by atoms with Crippen LogP contribution in [0.5, 0.6) is 0 Å². The Hall–Kier alpha value is -3.20. The van der Waals surface area contributed by atoms with Crippen LogP contribution in [0.2, 0.25) is 0 Å². The maximum absolute atomic E-state index is 4.54. The Kier molecular flexibility index (Phi) is 5.37. The van der Waals surface area contributed by atoms with Gasteiger partial charge in [0.1, 0.15) is 0 Å². The minimum absolute atomic E-state index is 0.781. The Morgan fingerprint density at radius 1 is 0.960 bits per heavy atom. The highest BCUT2D eigenvalue weighted by Gasteiger charge is 2.03. The zero-order chi connectivity index (χ0) is 17.5. The average molecular weight is 327 g/mol. The van der Waals surface area contributed by atoms with Crippen molar-refractivity contribution in [2.45, 2.75) is 12.8 Å². The number of nitrogens with one attached hydrogen (secondary N) is 1. The van der Waals surface area contributed by atoms with Gasteiger partial charge in [-0.05, 0) is 42.7 Å². The van der Waals surface area contributed by atoms with Gasteiger partial charge in [0.05, 0.1) is 5.52 Å². The molecular weight excluding hydrogens is 306 g/mol. The highest BCUT2D eigenvalue weighted by molar-refractivity contribution is 5.84. The van der Waals surface area contributed by atoms with Crippen molar-refractivity contribution in [3.05, 3.63) is 103 Å². The molecule has 0 amide bonds. The molecule has 124 valence electrons. The molecule has 1 aliphatic rings. The third-order valence-corrected chi connectivity index (χ3v) is 3.81. The molecule has 3 heterocycles. The van der Waals surface area contributed by atoms with Crippen molar-refractivity contribution in [2.24, 2.45) is 0 Å². The number of hydrogen-bond donors (Lipinski definition) is 1. The van der Waals surface area contributed by atoms with Crippen molar-refractivity contribution in [3.8, 4) is 0 Å². The van der Waals surface area contributed by atoms with Crippen molar-refractivity contribution >= 4 is 16.5 Å². The summed E-state index contributed by atoms with van der Waals surface area (Å²) in [6.07, 6.45) is 21.9. The van der Waals surface area contributed by atoms with E-state index in [9.17, 15) is 0 Å². The summed E-state index contributed by atoms with van der Waals surface area (Å²) in [5.41, 5.74) is 4.61. The fourth-order valence-corrected chi connectivity index (χ4v) is 2.58. The van der Waals surface area contributed by atoms with Gasteiger partial charge in [-0.1, -0.05) is 43.5 Å². The Morgan fingerprint density at radius 2 is 1.84 bits per heavy atom. The molecular formula is C22H21N3. The average Bonchev–Trinajstić information content (AvgIpc) is 2.63. The van der Waals surface area contributed by atoms with E-state index in [2.05, 4.69) is 52.7 Å². The van der Waals surface area contributed by atoms with Crippen molar-refractivity contribution in [2.75, 3.05) is 0 Å². The van der Waals surface area contributed by atoms with Gasteiger partial charge in [-0.2, -0.15) is 0 Å². The summed E-state index contributed by atoms with van der Waals surface area (Å²) >= 11 is 0. The Bertz CT molecular complexity index is 914. The normalized spacial score (nSPS) is 21.8. The fraction of sp³-hybridized carbons (Fsp3) is 0.0909. The van der Waals surface area contributed by atoms with Gasteiger partial charge in [0.25, 0.3) is 0 Å². The maximum Gasteiger partial charge on any atom is 0.0733 e. The summed E-state index contributed by atoms with van der Waals surface area (Å²) in [6.45, 7) is 8.08. The zero-order valence-corrected chi connectivity index (χ0v) is 14.2. The van der Waals surface area contributed by atoms with Crippen LogP contribution >= 0.6 is 0 Å². The number of rotatable bonds is 1. The lowest BCUT2D eigenvalue weighted by Gasteiger charge is -2.09. The quantitative estimate of drug-likeness (QED) is 0.792. The molecule has 0 spiro atoms. The second-order valence-electron chi connectivity index (χ2n) is 5.83. The van der Waals surface area contributed by atoms with Crippen LogP contribution in [0, 0.1) is 0 Å². The van der Waals surface area contributed by atoms with Crippen molar-refractivity contribution in [1.82, 2.24) is 15.3 Å². The first kappa shape index (κ1) is 16.7. The molecule has 0 saturated heterocycles. The smallest absolute Gasteiger partial charge is 0.0733 e. The minimum atomic E-state index is 0.781. The molecule has 0 unspecified atom stereocenters. The molecule has 0 aliphatic carbocycles. The molecule has 0 radical (unpaired) electrons. The summed E-state index contributed by atoms with van der Waals surface area (Å²) in [7, 11) is 0. The van der Waals surface area contributed by atoms with Crippen LogP contribution in [0.25, 0.3) is 16.5 Å². The van der Waals surface area contributed by atoms with E-state index in [1.54, 1.807) is 6.20 Å².